The highest BCUT2D eigenvalue weighted by atomic mass is 16.6. The molecular weight excluding hydrogens is 292 g/mol. The summed E-state index contributed by atoms with van der Waals surface area (Å²) < 4.78 is 7.23. The van der Waals surface area contributed by atoms with Gasteiger partial charge in [-0.3, -0.25) is 0 Å². The summed E-state index contributed by atoms with van der Waals surface area (Å²) in [6.07, 6.45) is 1.64. The fraction of sp³-hybridized carbons (Fsp3) is 0.647. The van der Waals surface area contributed by atoms with E-state index in [2.05, 4.69) is 11.4 Å². The summed E-state index contributed by atoms with van der Waals surface area (Å²) >= 11 is 0. The average Bonchev–Trinajstić information content (AvgIpc) is 2.76. The molecule has 0 fully saturated rings. The molecule has 0 unspecified atom stereocenters. The predicted octanol–water partition coefficient (Wildman–Crippen LogP) is 2.63. The Kier molecular flexibility index (Phi) is 6.64. The number of carbonyl (C=O) groups excluding carboxylic acids is 1. The summed E-state index contributed by atoms with van der Waals surface area (Å²) in [5.41, 5.74) is 1.20. The quantitative estimate of drug-likeness (QED) is 0.818. The minimum Gasteiger partial charge on any atom is -0.444 e. The van der Waals surface area contributed by atoms with E-state index in [0.717, 1.165) is 5.56 Å². The van der Waals surface area contributed by atoms with Gasteiger partial charge < -0.3 is 19.5 Å². The van der Waals surface area contributed by atoms with Gasteiger partial charge in [-0.1, -0.05) is 0 Å². The summed E-state index contributed by atoms with van der Waals surface area (Å²) in [5, 5.41) is 12.2. The standard InChI is InChI=1S/C17H28N4O2/c1-13(2)21(16(22)23-17(3,4)5)8-7-19-11-14-9-15(10-18)20(6)12-14/h9,12-13,19H,7-8,11H2,1-6H3. The lowest BCUT2D eigenvalue weighted by atomic mass is 10.2. The minimum atomic E-state index is -0.491. The summed E-state index contributed by atoms with van der Waals surface area (Å²) in [6, 6.07) is 4.08. The third-order valence-electron chi connectivity index (χ3n) is 3.29. The van der Waals surface area contributed by atoms with Gasteiger partial charge in [-0.05, 0) is 46.2 Å². The van der Waals surface area contributed by atoms with Crippen LogP contribution in [-0.2, 0) is 18.3 Å². The molecule has 1 aromatic heterocycles. The Morgan fingerprint density at radius 2 is 2.13 bits per heavy atom. The van der Waals surface area contributed by atoms with Crippen LogP contribution in [0.15, 0.2) is 12.3 Å². The Bertz CT molecular complexity index is 564. The minimum absolute atomic E-state index is 0.0774. The molecular formula is C17H28N4O2. The zero-order valence-electron chi connectivity index (χ0n) is 15.0. The van der Waals surface area contributed by atoms with E-state index in [4.69, 9.17) is 10.00 Å². The maximum Gasteiger partial charge on any atom is 0.410 e. The van der Waals surface area contributed by atoms with E-state index in [9.17, 15) is 4.79 Å². The van der Waals surface area contributed by atoms with Crippen LogP contribution in [0.2, 0.25) is 0 Å². The molecule has 0 saturated heterocycles. The van der Waals surface area contributed by atoms with Crippen molar-refractivity contribution in [2.45, 2.75) is 52.8 Å². The first-order chi connectivity index (χ1) is 10.6. The number of nitriles is 1. The number of nitrogens with one attached hydrogen (secondary N) is 1. The first-order valence-electron chi connectivity index (χ1n) is 7.89. The Morgan fingerprint density at radius 1 is 1.48 bits per heavy atom. The summed E-state index contributed by atoms with van der Waals surface area (Å²) in [4.78, 5) is 13.9. The lowest BCUT2D eigenvalue weighted by molar-refractivity contribution is 0.0193. The normalized spacial score (nSPS) is 11.4. The number of aromatic nitrogens is 1. The van der Waals surface area contributed by atoms with Crippen molar-refractivity contribution in [1.82, 2.24) is 14.8 Å². The van der Waals surface area contributed by atoms with Crippen molar-refractivity contribution in [1.29, 1.82) is 5.26 Å². The Balaban J connectivity index is 2.47. The molecule has 0 aliphatic carbocycles. The number of hydrogen-bond donors (Lipinski definition) is 1. The number of hydrogen-bond acceptors (Lipinski definition) is 4. The maximum atomic E-state index is 12.2. The lowest BCUT2D eigenvalue weighted by Gasteiger charge is -2.30. The monoisotopic (exact) mass is 320 g/mol. The van der Waals surface area contributed by atoms with Gasteiger partial charge in [0.05, 0.1) is 0 Å². The molecule has 0 radical (unpaired) electrons. The average molecular weight is 320 g/mol. The molecule has 1 rings (SSSR count). The van der Waals surface area contributed by atoms with E-state index >= 15 is 0 Å². The third kappa shape index (κ3) is 6.33. The largest absolute Gasteiger partial charge is 0.444 e. The highest BCUT2D eigenvalue weighted by molar-refractivity contribution is 5.68. The molecule has 0 bridgehead atoms. The fourth-order valence-electron chi connectivity index (χ4n) is 2.15. The van der Waals surface area contributed by atoms with Crippen LogP contribution in [0.3, 0.4) is 0 Å². The molecule has 1 heterocycles. The van der Waals surface area contributed by atoms with Crippen molar-refractivity contribution in [3.05, 3.63) is 23.5 Å². The fourth-order valence-corrected chi connectivity index (χ4v) is 2.15. The van der Waals surface area contributed by atoms with Crippen LogP contribution >= 0.6 is 0 Å². The molecule has 0 atom stereocenters. The van der Waals surface area contributed by atoms with Crippen molar-refractivity contribution < 1.29 is 9.53 Å². The Hall–Kier alpha value is -2.00. The summed E-state index contributed by atoms with van der Waals surface area (Å²) in [5.74, 6) is 0. The number of rotatable bonds is 6. The van der Waals surface area contributed by atoms with Crippen LogP contribution in [0.1, 0.15) is 45.9 Å². The maximum absolute atomic E-state index is 12.2. The van der Waals surface area contributed by atoms with Gasteiger partial charge in [0.2, 0.25) is 0 Å². The van der Waals surface area contributed by atoms with Crippen molar-refractivity contribution >= 4 is 6.09 Å². The molecule has 0 aromatic carbocycles. The van der Waals surface area contributed by atoms with Gasteiger partial charge in [-0.25, -0.2) is 4.79 Å². The Morgan fingerprint density at radius 3 is 2.61 bits per heavy atom. The molecule has 0 aliphatic rings. The first-order valence-corrected chi connectivity index (χ1v) is 7.89. The zero-order chi connectivity index (χ0) is 17.6. The van der Waals surface area contributed by atoms with Gasteiger partial charge >= 0.3 is 6.09 Å². The predicted molar refractivity (Wildman–Crippen MR) is 89.9 cm³/mol. The lowest BCUT2D eigenvalue weighted by Crippen LogP contribution is -2.44. The summed E-state index contributed by atoms with van der Waals surface area (Å²) in [6.45, 7) is 11.4. The van der Waals surface area contributed by atoms with E-state index in [1.165, 1.54) is 0 Å². The Labute approximate surface area is 139 Å². The van der Waals surface area contributed by atoms with Gasteiger partial charge in [-0.15, -0.1) is 0 Å². The van der Waals surface area contributed by atoms with Crippen molar-refractivity contribution in [2.24, 2.45) is 7.05 Å². The van der Waals surface area contributed by atoms with E-state index in [-0.39, 0.29) is 12.1 Å². The third-order valence-corrected chi connectivity index (χ3v) is 3.29. The second kappa shape index (κ2) is 8.02. The van der Waals surface area contributed by atoms with Gasteiger partial charge in [0.25, 0.3) is 0 Å². The van der Waals surface area contributed by atoms with Crippen molar-refractivity contribution in [3.63, 3.8) is 0 Å². The van der Waals surface area contributed by atoms with Crippen LogP contribution in [0, 0.1) is 11.3 Å². The molecule has 6 heteroatoms. The molecule has 23 heavy (non-hydrogen) atoms. The topological polar surface area (TPSA) is 70.3 Å². The van der Waals surface area contributed by atoms with Gasteiger partial charge in [0.15, 0.2) is 0 Å². The smallest absolute Gasteiger partial charge is 0.410 e. The summed E-state index contributed by atoms with van der Waals surface area (Å²) in [7, 11) is 1.85. The van der Waals surface area contributed by atoms with E-state index < -0.39 is 5.60 Å². The van der Waals surface area contributed by atoms with Crippen molar-refractivity contribution in [2.75, 3.05) is 13.1 Å². The van der Waals surface area contributed by atoms with E-state index in [1.807, 2.05) is 53.9 Å². The van der Waals surface area contributed by atoms with Crippen LogP contribution in [0.25, 0.3) is 0 Å². The van der Waals surface area contributed by atoms with Crippen LogP contribution in [-0.4, -0.2) is 40.3 Å². The second-order valence-electron chi connectivity index (χ2n) is 6.90. The molecule has 6 nitrogen and oxygen atoms in total. The zero-order valence-corrected chi connectivity index (χ0v) is 15.0. The first kappa shape index (κ1) is 19.0. The molecule has 128 valence electrons. The van der Waals surface area contributed by atoms with Gasteiger partial charge in [-0.2, -0.15) is 5.26 Å². The van der Waals surface area contributed by atoms with Crippen molar-refractivity contribution in [3.8, 4) is 6.07 Å². The molecule has 0 saturated carbocycles. The highest BCUT2D eigenvalue weighted by Crippen LogP contribution is 2.11. The molecule has 1 N–H and O–H groups in total. The van der Waals surface area contributed by atoms with Crippen LogP contribution in [0.4, 0.5) is 4.79 Å². The molecule has 1 amide bonds. The van der Waals surface area contributed by atoms with E-state index in [1.54, 1.807) is 9.47 Å². The number of carbonyl (C=O) groups is 1. The van der Waals surface area contributed by atoms with Crippen LogP contribution < -0.4 is 5.32 Å². The number of nitrogens with zero attached hydrogens (tertiary/aromatic N) is 3. The van der Waals surface area contributed by atoms with E-state index in [0.29, 0.717) is 25.3 Å². The van der Waals surface area contributed by atoms with Crippen LogP contribution in [0.5, 0.6) is 0 Å². The SMILES string of the molecule is CC(C)N(CCNCc1cc(C#N)n(C)c1)C(=O)OC(C)(C)C. The molecule has 0 aliphatic heterocycles. The van der Waals surface area contributed by atoms with Gasteiger partial charge in [0, 0.05) is 38.9 Å². The highest BCUT2D eigenvalue weighted by Gasteiger charge is 2.23. The second-order valence-corrected chi connectivity index (χ2v) is 6.90. The number of amides is 1. The number of ether oxygens (including phenoxy) is 1. The molecule has 1 aromatic rings. The van der Waals surface area contributed by atoms with Gasteiger partial charge in [0.1, 0.15) is 17.4 Å². The molecule has 0 spiro atoms. The number of aryl methyl sites for hydroxylation is 1.